The van der Waals surface area contributed by atoms with Crippen molar-refractivity contribution < 1.29 is 16.8 Å². The summed E-state index contributed by atoms with van der Waals surface area (Å²) >= 11 is 0. The molecule has 0 aliphatic carbocycles. The molecule has 9 nitrogen and oxygen atoms in total. The van der Waals surface area contributed by atoms with Gasteiger partial charge in [-0.05, 0) is 50.4 Å². The van der Waals surface area contributed by atoms with E-state index in [4.69, 9.17) is 0 Å². The molecule has 3 aliphatic rings. The lowest BCUT2D eigenvalue weighted by molar-refractivity contribution is 0.312. The van der Waals surface area contributed by atoms with Crippen LogP contribution in [0.1, 0.15) is 31.2 Å². The van der Waals surface area contributed by atoms with Gasteiger partial charge >= 0.3 is 0 Å². The number of benzene rings is 2. The standard InChI is InChI=1S/C26H37N5O4S2/c1-28-15-17-29(18-16-28)24-19-23(27-21-22-9-3-2-4-10-22)25(36(32,33)30-11-5-6-12-30)20-26(24)37(34,35)31-13-7-8-14-31/h2-4,9-10,19-20,27H,5-8,11-18,21H2,1H3. The van der Waals surface area contributed by atoms with Crippen LogP contribution in [0.4, 0.5) is 11.4 Å². The second-order valence-electron chi connectivity index (χ2n) is 10.2. The van der Waals surface area contributed by atoms with Crippen LogP contribution >= 0.6 is 0 Å². The second-order valence-corrected chi connectivity index (χ2v) is 14.0. The Morgan fingerprint density at radius 2 is 1.24 bits per heavy atom. The molecule has 37 heavy (non-hydrogen) atoms. The molecule has 2 aromatic rings. The third-order valence-electron chi connectivity index (χ3n) is 7.60. The molecule has 2 aromatic carbocycles. The maximum Gasteiger partial charge on any atom is 0.245 e. The Labute approximate surface area is 221 Å². The van der Waals surface area contributed by atoms with Crippen LogP contribution < -0.4 is 10.2 Å². The van der Waals surface area contributed by atoms with Crippen LogP contribution in [-0.4, -0.2) is 89.8 Å². The molecule has 1 N–H and O–H groups in total. The summed E-state index contributed by atoms with van der Waals surface area (Å²) in [5.41, 5.74) is 2.04. The first-order chi connectivity index (χ1) is 17.8. The Balaban J connectivity index is 1.64. The fourth-order valence-electron chi connectivity index (χ4n) is 5.33. The highest BCUT2D eigenvalue weighted by Gasteiger charge is 2.36. The van der Waals surface area contributed by atoms with Crippen molar-refractivity contribution in [3.05, 3.63) is 48.0 Å². The number of nitrogens with zero attached hydrogens (tertiary/aromatic N) is 4. The van der Waals surface area contributed by atoms with Gasteiger partial charge in [0.15, 0.2) is 0 Å². The molecule has 3 saturated heterocycles. The lowest BCUT2D eigenvalue weighted by Gasteiger charge is -2.36. The molecule has 0 aromatic heterocycles. The van der Waals surface area contributed by atoms with Crippen LogP contribution in [0.5, 0.6) is 0 Å². The number of hydrogen-bond donors (Lipinski definition) is 1. The second kappa shape index (κ2) is 10.9. The SMILES string of the molecule is CN1CCN(c2cc(NCc3ccccc3)c(S(=O)(=O)N3CCCC3)cc2S(=O)(=O)N2CCCC2)CC1. The van der Waals surface area contributed by atoms with Gasteiger partial charge < -0.3 is 15.1 Å². The van der Waals surface area contributed by atoms with Crippen molar-refractivity contribution in [3.8, 4) is 0 Å². The predicted molar refractivity (Wildman–Crippen MR) is 146 cm³/mol. The fourth-order valence-corrected chi connectivity index (χ4v) is 8.83. The normalized spacial score (nSPS) is 20.5. The van der Waals surface area contributed by atoms with E-state index < -0.39 is 20.0 Å². The van der Waals surface area contributed by atoms with Crippen LogP contribution in [0.25, 0.3) is 0 Å². The van der Waals surface area contributed by atoms with Gasteiger partial charge in [-0.25, -0.2) is 16.8 Å². The smallest absolute Gasteiger partial charge is 0.245 e. The van der Waals surface area contributed by atoms with Gasteiger partial charge in [-0.2, -0.15) is 8.61 Å². The summed E-state index contributed by atoms with van der Waals surface area (Å²) in [7, 11) is -5.68. The first-order valence-corrected chi connectivity index (χ1v) is 16.0. The maximum absolute atomic E-state index is 13.9. The highest BCUT2D eigenvalue weighted by molar-refractivity contribution is 7.90. The Hall–Kier alpha value is -2.18. The zero-order valence-corrected chi connectivity index (χ0v) is 23.1. The Morgan fingerprint density at radius 3 is 1.81 bits per heavy atom. The monoisotopic (exact) mass is 547 g/mol. The minimum Gasteiger partial charge on any atom is -0.380 e. The van der Waals surface area contributed by atoms with Gasteiger partial charge in [-0.1, -0.05) is 30.3 Å². The van der Waals surface area contributed by atoms with E-state index in [1.165, 1.54) is 14.7 Å². The van der Waals surface area contributed by atoms with Gasteiger partial charge in [0.2, 0.25) is 20.0 Å². The van der Waals surface area contributed by atoms with Crippen molar-refractivity contribution in [3.63, 3.8) is 0 Å². The summed E-state index contributed by atoms with van der Waals surface area (Å²) < 4.78 is 58.5. The van der Waals surface area contributed by atoms with Crippen molar-refractivity contribution in [2.24, 2.45) is 0 Å². The van der Waals surface area contributed by atoms with Crippen LogP contribution in [0.15, 0.2) is 52.3 Å². The Bertz CT molecular complexity index is 1300. The number of sulfonamides is 2. The van der Waals surface area contributed by atoms with Gasteiger partial charge in [0, 0.05) is 58.9 Å². The van der Waals surface area contributed by atoms with E-state index in [2.05, 4.69) is 22.2 Å². The first-order valence-electron chi connectivity index (χ1n) is 13.2. The highest BCUT2D eigenvalue weighted by Crippen LogP contribution is 2.38. The molecule has 0 saturated carbocycles. The zero-order valence-electron chi connectivity index (χ0n) is 21.5. The molecule has 0 amide bonds. The molecule has 0 bridgehead atoms. The molecule has 3 aliphatic heterocycles. The summed E-state index contributed by atoms with van der Waals surface area (Å²) in [4.78, 5) is 4.44. The third-order valence-corrected chi connectivity index (χ3v) is 11.5. The summed E-state index contributed by atoms with van der Waals surface area (Å²) in [5.74, 6) is 0. The average molecular weight is 548 g/mol. The van der Waals surface area contributed by atoms with Crippen LogP contribution in [0, 0.1) is 0 Å². The van der Waals surface area contributed by atoms with E-state index in [-0.39, 0.29) is 9.79 Å². The summed E-state index contributed by atoms with van der Waals surface area (Å²) in [5, 5.41) is 3.34. The van der Waals surface area contributed by atoms with Crippen molar-refractivity contribution in [1.82, 2.24) is 13.5 Å². The summed E-state index contributed by atoms with van der Waals surface area (Å²) in [6.45, 7) is 5.24. The molecule has 202 valence electrons. The minimum atomic E-state index is -3.88. The van der Waals surface area contributed by atoms with Crippen LogP contribution in [-0.2, 0) is 26.6 Å². The van der Waals surface area contributed by atoms with Gasteiger partial charge in [-0.15, -0.1) is 0 Å². The lowest BCUT2D eigenvalue weighted by atomic mass is 10.2. The minimum absolute atomic E-state index is 0.0426. The van der Waals surface area contributed by atoms with E-state index in [1.54, 1.807) is 6.07 Å². The largest absolute Gasteiger partial charge is 0.380 e. The number of nitrogens with one attached hydrogen (secondary N) is 1. The van der Waals surface area contributed by atoms with E-state index in [0.29, 0.717) is 57.2 Å². The molecule has 0 unspecified atom stereocenters. The topological polar surface area (TPSA) is 93.3 Å². The van der Waals surface area contributed by atoms with Gasteiger partial charge in [0.25, 0.3) is 0 Å². The molecule has 11 heteroatoms. The average Bonchev–Trinajstić information content (AvgIpc) is 3.64. The molecular weight excluding hydrogens is 510 g/mol. The number of hydrogen-bond acceptors (Lipinski definition) is 7. The number of anilines is 2. The van der Waals surface area contributed by atoms with E-state index in [0.717, 1.165) is 44.3 Å². The maximum atomic E-state index is 13.9. The van der Waals surface area contributed by atoms with Gasteiger partial charge in [-0.3, -0.25) is 0 Å². The molecule has 5 rings (SSSR count). The molecule has 0 atom stereocenters. The summed E-state index contributed by atoms with van der Waals surface area (Å²) in [6, 6.07) is 13.0. The molecule has 0 radical (unpaired) electrons. The van der Waals surface area contributed by atoms with Gasteiger partial charge in [0.1, 0.15) is 9.79 Å². The van der Waals surface area contributed by atoms with E-state index in [9.17, 15) is 16.8 Å². The lowest BCUT2D eigenvalue weighted by Crippen LogP contribution is -2.45. The Morgan fingerprint density at radius 1 is 0.703 bits per heavy atom. The molecule has 3 heterocycles. The van der Waals surface area contributed by atoms with E-state index >= 15 is 0 Å². The van der Waals surface area contributed by atoms with Crippen LogP contribution in [0.2, 0.25) is 0 Å². The Kier molecular flexibility index (Phi) is 7.78. The van der Waals surface area contributed by atoms with Crippen molar-refractivity contribution in [2.75, 3.05) is 69.6 Å². The van der Waals surface area contributed by atoms with Crippen molar-refractivity contribution in [2.45, 2.75) is 42.0 Å². The summed E-state index contributed by atoms with van der Waals surface area (Å²) in [6.07, 6.45) is 3.26. The van der Waals surface area contributed by atoms with Crippen molar-refractivity contribution >= 4 is 31.4 Å². The van der Waals surface area contributed by atoms with Crippen LogP contribution in [0.3, 0.4) is 0 Å². The number of likely N-dealkylation sites (N-methyl/N-ethyl adjacent to an activating group) is 1. The predicted octanol–water partition coefficient (Wildman–Crippen LogP) is 2.62. The fraction of sp³-hybridized carbons (Fsp3) is 0.538. The molecule has 0 spiro atoms. The molecule has 3 fully saturated rings. The van der Waals surface area contributed by atoms with E-state index in [1.807, 2.05) is 30.3 Å². The zero-order chi connectivity index (χ0) is 26.0. The number of rotatable bonds is 8. The third kappa shape index (κ3) is 5.51. The van der Waals surface area contributed by atoms with Crippen molar-refractivity contribution in [1.29, 1.82) is 0 Å². The molecular formula is C26H37N5O4S2. The number of piperazine rings is 1. The first kappa shape index (κ1) is 26.4. The highest BCUT2D eigenvalue weighted by atomic mass is 32.2. The quantitative estimate of drug-likeness (QED) is 0.543. The van der Waals surface area contributed by atoms with Gasteiger partial charge in [0.05, 0.1) is 11.4 Å².